The SMILES string of the molecule is CCNC(=NCC(O)COCc1ccccc1)NCCCN1CCC(C)CC1.I. The van der Waals surface area contributed by atoms with Gasteiger partial charge in [0.2, 0.25) is 0 Å². The van der Waals surface area contributed by atoms with Crippen molar-refractivity contribution >= 4 is 29.9 Å². The van der Waals surface area contributed by atoms with Gasteiger partial charge in [-0.05, 0) is 57.3 Å². The Balaban J connectivity index is 0.00000420. The van der Waals surface area contributed by atoms with Gasteiger partial charge in [-0.1, -0.05) is 37.3 Å². The molecule has 1 saturated heterocycles. The molecule has 0 aromatic heterocycles. The smallest absolute Gasteiger partial charge is 0.191 e. The van der Waals surface area contributed by atoms with Crippen molar-refractivity contribution < 1.29 is 9.84 Å². The first-order valence-corrected chi connectivity index (χ1v) is 10.7. The number of guanidine groups is 1. The van der Waals surface area contributed by atoms with E-state index in [4.69, 9.17) is 4.74 Å². The molecule has 1 heterocycles. The number of aliphatic hydroxyl groups excluding tert-OH is 1. The standard InChI is InChI=1S/C22H38N4O2.HI/c1-3-23-22(24-12-7-13-26-14-10-19(2)11-15-26)25-16-21(27)18-28-17-20-8-5-4-6-9-20;/h4-6,8-9,19,21,27H,3,7,10-18H2,1-2H3,(H2,23,24,25);1H. The van der Waals surface area contributed by atoms with E-state index in [1.807, 2.05) is 37.3 Å². The Morgan fingerprint density at radius 2 is 1.97 bits per heavy atom. The van der Waals surface area contributed by atoms with Gasteiger partial charge in [-0.3, -0.25) is 4.99 Å². The zero-order valence-electron chi connectivity index (χ0n) is 18.0. The van der Waals surface area contributed by atoms with Crippen molar-refractivity contribution in [2.45, 2.75) is 45.8 Å². The van der Waals surface area contributed by atoms with Crippen LogP contribution in [0.1, 0.15) is 38.7 Å². The number of aliphatic imine (C=N–C) groups is 1. The van der Waals surface area contributed by atoms with Crippen LogP contribution in [0, 0.1) is 5.92 Å². The zero-order chi connectivity index (χ0) is 20.0. The summed E-state index contributed by atoms with van der Waals surface area (Å²) in [6.07, 6.45) is 3.14. The molecule has 7 heteroatoms. The van der Waals surface area contributed by atoms with Gasteiger partial charge in [0.25, 0.3) is 0 Å². The summed E-state index contributed by atoms with van der Waals surface area (Å²) in [5.41, 5.74) is 1.11. The Bertz CT molecular complexity index is 551. The summed E-state index contributed by atoms with van der Waals surface area (Å²) in [5.74, 6) is 1.64. The predicted octanol–water partition coefficient (Wildman–Crippen LogP) is 2.86. The maximum atomic E-state index is 10.1. The molecule has 3 N–H and O–H groups in total. The Hall–Kier alpha value is -0.900. The van der Waals surface area contributed by atoms with Crippen molar-refractivity contribution in [1.29, 1.82) is 0 Å². The summed E-state index contributed by atoms with van der Waals surface area (Å²) < 4.78 is 5.58. The number of hydrogen-bond donors (Lipinski definition) is 3. The van der Waals surface area contributed by atoms with E-state index in [1.54, 1.807) is 0 Å². The summed E-state index contributed by atoms with van der Waals surface area (Å²) in [4.78, 5) is 7.04. The van der Waals surface area contributed by atoms with E-state index in [9.17, 15) is 5.11 Å². The van der Waals surface area contributed by atoms with Crippen molar-refractivity contribution in [1.82, 2.24) is 15.5 Å². The predicted molar refractivity (Wildman–Crippen MR) is 131 cm³/mol. The average Bonchev–Trinajstić information content (AvgIpc) is 2.71. The van der Waals surface area contributed by atoms with Crippen molar-refractivity contribution in [2.24, 2.45) is 10.9 Å². The molecule has 6 nitrogen and oxygen atoms in total. The second-order valence-corrected chi connectivity index (χ2v) is 7.68. The van der Waals surface area contributed by atoms with Gasteiger partial charge in [0.1, 0.15) is 0 Å². The number of halogens is 1. The highest BCUT2D eigenvalue weighted by Gasteiger charge is 2.14. The number of nitrogens with zero attached hydrogens (tertiary/aromatic N) is 2. The quantitative estimate of drug-likeness (QED) is 0.182. The normalized spacial score (nSPS) is 16.9. The second-order valence-electron chi connectivity index (χ2n) is 7.68. The van der Waals surface area contributed by atoms with E-state index in [2.05, 4.69) is 27.4 Å². The molecule has 1 unspecified atom stereocenters. The third-order valence-corrected chi connectivity index (χ3v) is 5.05. The molecule has 0 amide bonds. The fourth-order valence-corrected chi connectivity index (χ4v) is 3.27. The number of nitrogens with one attached hydrogen (secondary N) is 2. The lowest BCUT2D eigenvalue weighted by molar-refractivity contribution is 0.0331. The van der Waals surface area contributed by atoms with E-state index < -0.39 is 6.10 Å². The van der Waals surface area contributed by atoms with Crippen LogP contribution in [-0.2, 0) is 11.3 Å². The van der Waals surface area contributed by atoms with Crippen LogP contribution < -0.4 is 10.6 Å². The molecule has 1 aliphatic rings. The van der Waals surface area contributed by atoms with Crippen LogP contribution in [0.3, 0.4) is 0 Å². The van der Waals surface area contributed by atoms with Gasteiger partial charge >= 0.3 is 0 Å². The average molecular weight is 518 g/mol. The van der Waals surface area contributed by atoms with Gasteiger partial charge in [0.15, 0.2) is 5.96 Å². The summed E-state index contributed by atoms with van der Waals surface area (Å²) in [7, 11) is 0. The fraction of sp³-hybridized carbons (Fsp3) is 0.682. The van der Waals surface area contributed by atoms with Crippen molar-refractivity contribution in [2.75, 3.05) is 45.9 Å². The number of likely N-dealkylation sites (tertiary alicyclic amines) is 1. The van der Waals surface area contributed by atoms with E-state index in [0.717, 1.165) is 43.5 Å². The monoisotopic (exact) mass is 518 g/mol. The second kappa shape index (κ2) is 15.9. The third kappa shape index (κ3) is 11.8. The number of rotatable bonds is 11. The molecule has 2 rings (SSSR count). The molecule has 0 spiro atoms. The topological polar surface area (TPSA) is 69.1 Å². The first kappa shape index (κ1) is 26.1. The van der Waals surface area contributed by atoms with Gasteiger partial charge in [0.05, 0.1) is 25.9 Å². The first-order valence-electron chi connectivity index (χ1n) is 10.7. The maximum Gasteiger partial charge on any atom is 0.191 e. The molecule has 166 valence electrons. The van der Waals surface area contributed by atoms with Crippen LogP contribution in [-0.4, -0.2) is 67.9 Å². The lowest BCUT2D eigenvalue weighted by Gasteiger charge is -2.30. The molecule has 29 heavy (non-hydrogen) atoms. The van der Waals surface area contributed by atoms with Crippen LogP contribution >= 0.6 is 24.0 Å². The zero-order valence-corrected chi connectivity index (χ0v) is 20.3. The molecule has 1 aliphatic heterocycles. The maximum absolute atomic E-state index is 10.1. The van der Waals surface area contributed by atoms with Gasteiger partial charge in [0, 0.05) is 13.1 Å². The Kier molecular flexibility index (Phi) is 14.3. The van der Waals surface area contributed by atoms with Gasteiger partial charge in [-0.25, -0.2) is 0 Å². The van der Waals surface area contributed by atoms with Crippen LogP contribution in [0.4, 0.5) is 0 Å². The molecular weight excluding hydrogens is 479 g/mol. The summed E-state index contributed by atoms with van der Waals surface area (Å²) in [6, 6.07) is 9.99. The molecule has 1 aromatic carbocycles. The van der Waals surface area contributed by atoms with E-state index in [0.29, 0.717) is 13.2 Å². The highest BCUT2D eigenvalue weighted by molar-refractivity contribution is 14.0. The third-order valence-electron chi connectivity index (χ3n) is 5.05. The van der Waals surface area contributed by atoms with Crippen molar-refractivity contribution in [3.8, 4) is 0 Å². The van der Waals surface area contributed by atoms with Crippen molar-refractivity contribution in [3.63, 3.8) is 0 Å². The Morgan fingerprint density at radius 1 is 1.24 bits per heavy atom. The van der Waals surface area contributed by atoms with Gasteiger partial charge < -0.3 is 25.4 Å². The summed E-state index contributed by atoms with van der Waals surface area (Å²) >= 11 is 0. The highest BCUT2D eigenvalue weighted by atomic mass is 127. The molecule has 1 fully saturated rings. The molecule has 0 saturated carbocycles. The number of ether oxygens (including phenoxy) is 1. The largest absolute Gasteiger partial charge is 0.389 e. The minimum atomic E-state index is -0.602. The van der Waals surface area contributed by atoms with Gasteiger partial charge in [-0.2, -0.15) is 0 Å². The summed E-state index contributed by atoms with van der Waals surface area (Å²) in [6.45, 7) is 10.8. The van der Waals surface area contributed by atoms with Crippen molar-refractivity contribution in [3.05, 3.63) is 35.9 Å². The number of aliphatic hydroxyl groups is 1. The Labute approximate surface area is 193 Å². The van der Waals surface area contributed by atoms with Crippen LogP contribution in [0.25, 0.3) is 0 Å². The van der Waals surface area contributed by atoms with E-state index >= 15 is 0 Å². The molecule has 1 aromatic rings. The van der Waals surface area contributed by atoms with E-state index in [-0.39, 0.29) is 30.6 Å². The van der Waals surface area contributed by atoms with Crippen LogP contribution in [0.5, 0.6) is 0 Å². The number of benzene rings is 1. The molecule has 0 radical (unpaired) electrons. The van der Waals surface area contributed by atoms with Crippen LogP contribution in [0.2, 0.25) is 0 Å². The van der Waals surface area contributed by atoms with Gasteiger partial charge in [-0.15, -0.1) is 24.0 Å². The fourth-order valence-electron chi connectivity index (χ4n) is 3.27. The molecular formula is C22H39IN4O2. The Morgan fingerprint density at radius 3 is 2.66 bits per heavy atom. The minimum Gasteiger partial charge on any atom is -0.389 e. The number of hydrogen-bond acceptors (Lipinski definition) is 4. The number of piperidine rings is 1. The highest BCUT2D eigenvalue weighted by Crippen LogP contribution is 2.15. The van der Waals surface area contributed by atoms with Crippen LogP contribution in [0.15, 0.2) is 35.3 Å². The lowest BCUT2D eigenvalue weighted by atomic mass is 9.99. The molecule has 1 atom stereocenters. The lowest BCUT2D eigenvalue weighted by Crippen LogP contribution is -2.40. The minimum absolute atomic E-state index is 0. The summed E-state index contributed by atoms with van der Waals surface area (Å²) in [5, 5.41) is 16.7. The molecule has 0 aliphatic carbocycles. The van der Waals surface area contributed by atoms with E-state index in [1.165, 1.54) is 25.9 Å². The molecule has 0 bridgehead atoms. The first-order chi connectivity index (χ1) is 13.7.